The third kappa shape index (κ3) is 5.16. The molecule has 4 rings (SSSR count). The monoisotopic (exact) mass is 468 g/mol. The Kier molecular flexibility index (Phi) is 7.23. The van der Waals surface area contributed by atoms with Crippen LogP contribution in [0.25, 0.3) is 11.1 Å². The first-order valence-corrected chi connectivity index (χ1v) is 12.5. The van der Waals surface area contributed by atoms with E-state index in [1.54, 1.807) is 16.7 Å². The van der Waals surface area contributed by atoms with Gasteiger partial charge in [-0.15, -0.1) is 0 Å². The zero-order chi connectivity index (χ0) is 23.4. The van der Waals surface area contributed by atoms with Crippen LogP contribution in [0.3, 0.4) is 0 Å². The highest BCUT2D eigenvalue weighted by molar-refractivity contribution is 7.98. The van der Waals surface area contributed by atoms with Crippen molar-refractivity contribution in [1.29, 1.82) is 0 Å². The normalized spacial score (nSPS) is 15.8. The molecule has 0 spiro atoms. The minimum absolute atomic E-state index is 0.0258. The number of thioether (sulfide) groups is 1. The number of hydrogen-bond donors (Lipinski definition) is 2. The third-order valence-electron chi connectivity index (χ3n) is 6.28. The molecule has 33 heavy (non-hydrogen) atoms. The lowest BCUT2D eigenvalue weighted by Gasteiger charge is -2.40. The molecule has 2 aromatic carbocycles. The van der Waals surface area contributed by atoms with E-state index in [-0.39, 0.29) is 30.8 Å². The molecule has 2 aliphatic rings. The van der Waals surface area contributed by atoms with Gasteiger partial charge in [0.1, 0.15) is 12.6 Å². The average Bonchev–Trinajstić information content (AvgIpc) is 3.10. The van der Waals surface area contributed by atoms with Gasteiger partial charge in [-0.05, 0) is 40.7 Å². The summed E-state index contributed by atoms with van der Waals surface area (Å²) in [5.41, 5.74) is 4.57. The predicted octanol–water partition coefficient (Wildman–Crippen LogP) is 3.58. The number of aliphatic carboxylic acids is 1. The number of carbonyl (C=O) groups is 3. The van der Waals surface area contributed by atoms with Gasteiger partial charge in [0, 0.05) is 24.9 Å². The number of nitrogens with one attached hydrogen (secondary N) is 1. The Labute approximate surface area is 197 Å². The molecule has 0 aromatic heterocycles. The van der Waals surface area contributed by atoms with E-state index in [0.717, 1.165) is 22.3 Å². The van der Waals surface area contributed by atoms with Crippen molar-refractivity contribution in [2.45, 2.75) is 24.8 Å². The number of fused-ring (bicyclic) bond motifs is 3. The van der Waals surface area contributed by atoms with Gasteiger partial charge in [0.25, 0.3) is 0 Å². The van der Waals surface area contributed by atoms with Crippen molar-refractivity contribution in [2.75, 3.05) is 31.7 Å². The molecule has 1 unspecified atom stereocenters. The number of carboxylic acids is 1. The first kappa shape index (κ1) is 23.2. The highest BCUT2D eigenvalue weighted by Crippen LogP contribution is 2.44. The number of alkyl carbamates (subject to hydrolysis) is 1. The van der Waals surface area contributed by atoms with Crippen LogP contribution in [0, 0.1) is 5.92 Å². The standard InChI is InChI=1S/C25H28N2O5S/c1-33-11-10-22(24(30)27-13-16(14-27)12-23(28)29)26-25(31)32-15-21-19-8-4-2-6-17(19)18-7-3-5-9-20(18)21/h2-9,16,21-22H,10-15H2,1H3,(H,26,31)(H,28,29). The van der Waals surface area contributed by atoms with Gasteiger partial charge in [-0.3, -0.25) is 9.59 Å². The molecule has 1 saturated heterocycles. The van der Waals surface area contributed by atoms with E-state index in [2.05, 4.69) is 29.6 Å². The Morgan fingerprint density at radius 1 is 1.09 bits per heavy atom. The maximum atomic E-state index is 12.9. The lowest BCUT2D eigenvalue weighted by molar-refractivity contribution is -0.146. The van der Waals surface area contributed by atoms with Crippen molar-refractivity contribution in [1.82, 2.24) is 10.2 Å². The zero-order valence-electron chi connectivity index (χ0n) is 18.5. The average molecular weight is 469 g/mol. The molecule has 1 heterocycles. The van der Waals surface area contributed by atoms with Crippen LogP contribution in [0.2, 0.25) is 0 Å². The molecule has 2 N–H and O–H groups in total. The summed E-state index contributed by atoms with van der Waals surface area (Å²) >= 11 is 1.60. The van der Waals surface area contributed by atoms with Crippen molar-refractivity contribution in [3.05, 3.63) is 59.7 Å². The summed E-state index contributed by atoms with van der Waals surface area (Å²) in [6.07, 6.45) is 1.88. The number of nitrogens with zero attached hydrogens (tertiary/aromatic N) is 1. The van der Waals surface area contributed by atoms with E-state index in [1.807, 2.05) is 30.5 Å². The van der Waals surface area contributed by atoms with Crippen molar-refractivity contribution < 1.29 is 24.2 Å². The lowest BCUT2D eigenvalue weighted by atomic mass is 9.95. The van der Waals surface area contributed by atoms with Gasteiger partial charge < -0.3 is 20.1 Å². The number of carbonyl (C=O) groups excluding carboxylic acids is 2. The minimum atomic E-state index is -0.859. The van der Waals surface area contributed by atoms with E-state index >= 15 is 0 Å². The number of amides is 2. The summed E-state index contributed by atoms with van der Waals surface area (Å²) in [5.74, 6) is -0.397. The number of rotatable bonds is 9. The van der Waals surface area contributed by atoms with Crippen molar-refractivity contribution >= 4 is 29.7 Å². The molecule has 174 valence electrons. The number of hydrogen-bond acceptors (Lipinski definition) is 5. The highest BCUT2D eigenvalue weighted by Gasteiger charge is 2.36. The molecule has 2 amide bonds. The molecular formula is C25H28N2O5S. The maximum absolute atomic E-state index is 12.9. The topological polar surface area (TPSA) is 95.9 Å². The van der Waals surface area contributed by atoms with Crippen LogP contribution in [0.4, 0.5) is 4.79 Å². The minimum Gasteiger partial charge on any atom is -0.481 e. The molecule has 1 fully saturated rings. The summed E-state index contributed by atoms with van der Waals surface area (Å²) in [6.45, 7) is 1.01. The van der Waals surface area contributed by atoms with Gasteiger partial charge in [0.2, 0.25) is 5.91 Å². The van der Waals surface area contributed by atoms with Crippen molar-refractivity contribution in [3.63, 3.8) is 0 Å². The molecular weight excluding hydrogens is 440 g/mol. The van der Waals surface area contributed by atoms with Crippen LogP contribution in [0.1, 0.15) is 29.9 Å². The lowest BCUT2D eigenvalue weighted by Crippen LogP contribution is -2.57. The molecule has 1 aliphatic carbocycles. The van der Waals surface area contributed by atoms with Gasteiger partial charge in [-0.1, -0.05) is 48.5 Å². The van der Waals surface area contributed by atoms with E-state index in [1.165, 1.54) is 0 Å². The Balaban J connectivity index is 1.36. The molecule has 1 atom stereocenters. The Hall–Kier alpha value is -3.00. The van der Waals surface area contributed by atoms with Crippen molar-refractivity contribution in [2.24, 2.45) is 5.92 Å². The summed E-state index contributed by atoms with van der Waals surface area (Å²) in [5, 5.41) is 11.7. The van der Waals surface area contributed by atoms with Gasteiger partial charge >= 0.3 is 12.1 Å². The van der Waals surface area contributed by atoms with Crippen LogP contribution in [-0.2, 0) is 14.3 Å². The van der Waals surface area contributed by atoms with Gasteiger partial charge in [-0.25, -0.2) is 4.79 Å². The molecule has 2 aromatic rings. The van der Waals surface area contributed by atoms with Crippen LogP contribution in [-0.4, -0.2) is 65.7 Å². The summed E-state index contributed by atoms with van der Waals surface area (Å²) in [7, 11) is 0. The fourth-order valence-corrected chi connectivity index (χ4v) is 5.09. The summed E-state index contributed by atoms with van der Waals surface area (Å²) < 4.78 is 5.60. The fourth-order valence-electron chi connectivity index (χ4n) is 4.62. The number of ether oxygens (including phenoxy) is 1. The molecule has 7 nitrogen and oxygen atoms in total. The second kappa shape index (κ2) is 10.3. The summed E-state index contributed by atoms with van der Waals surface area (Å²) in [6, 6.07) is 15.6. The Morgan fingerprint density at radius 2 is 1.70 bits per heavy atom. The summed E-state index contributed by atoms with van der Waals surface area (Å²) in [4.78, 5) is 38.0. The quantitative estimate of drug-likeness (QED) is 0.584. The van der Waals surface area contributed by atoms with E-state index in [9.17, 15) is 14.4 Å². The van der Waals surface area contributed by atoms with Gasteiger partial charge in [0.05, 0.1) is 6.42 Å². The molecule has 0 bridgehead atoms. The fraction of sp³-hybridized carbons (Fsp3) is 0.400. The molecule has 8 heteroatoms. The Morgan fingerprint density at radius 3 is 2.27 bits per heavy atom. The van der Waals surface area contributed by atoms with Crippen LogP contribution < -0.4 is 5.32 Å². The van der Waals surface area contributed by atoms with Crippen molar-refractivity contribution in [3.8, 4) is 11.1 Å². The van der Waals surface area contributed by atoms with Gasteiger partial charge in [0.15, 0.2) is 0 Å². The molecule has 0 radical (unpaired) electrons. The third-order valence-corrected chi connectivity index (χ3v) is 6.92. The van der Waals surface area contributed by atoms with E-state index < -0.39 is 18.1 Å². The van der Waals surface area contributed by atoms with Crippen LogP contribution in [0.15, 0.2) is 48.5 Å². The largest absolute Gasteiger partial charge is 0.481 e. The smallest absolute Gasteiger partial charge is 0.407 e. The van der Waals surface area contributed by atoms with Crippen LogP contribution in [0.5, 0.6) is 0 Å². The Bertz CT molecular complexity index is 991. The second-order valence-corrected chi connectivity index (χ2v) is 9.50. The van der Waals surface area contributed by atoms with E-state index in [0.29, 0.717) is 25.3 Å². The first-order chi connectivity index (χ1) is 16.0. The molecule has 0 saturated carbocycles. The highest BCUT2D eigenvalue weighted by atomic mass is 32.2. The molecule has 1 aliphatic heterocycles. The van der Waals surface area contributed by atoms with E-state index in [4.69, 9.17) is 9.84 Å². The first-order valence-electron chi connectivity index (χ1n) is 11.1. The second-order valence-electron chi connectivity index (χ2n) is 8.51. The number of carboxylic acid groups (broad SMARTS) is 1. The number of benzene rings is 2. The van der Waals surface area contributed by atoms with Crippen LogP contribution >= 0.6 is 11.8 Å². The SMILES string of the molecule is CSCCC(NC(=O)OCC1c2ccccc2-c2ccccc21)C(=O)N1CC(CC(=O)O)C1. The predicted molar refractivity (Wildman–Crippen MR) is 127 cm³/mol. The number of likely N-dealkylation sites (tertiary alicyclic amines) is 1. The maximum Gasteiger partial charge on any atom is 0.407 e. The van der Waals surface area contributed by atoms with Gasteiger partial charge in [-0.2, -0.15) is 11.8 Å². The zero-order valence-corrected chi connectivity index (χ0v) is 19.3.